The zero-order chi connectivity index (χ0) is 19.9. The largest absolute Gasteiger partial charge is 0.395 e. The Hall–Kier alpha value is -2.38. The van der Waals surface area contributed by atoms with Crippen LogP contribution >= 0.6 is 0 Å². The summed E-state index contributed by atoms with van der Waals surface area (Å²) in [5, 5.41) is 9.16. The fourth-order valence-corrected chi connectivity index (χ4v) is 3.64. The molecule has 0 radical (unpaired) electrons. The first-order valence-corrected chi connectivity index (χ1v) is 10.5. The lowest BCUT2D eigenvalue weighted by atomic mass is 10.2. The van der Waals surface area contributed by atoms with E-state index in [0.29, 0.717) is 17.8 Å². The van der Waals surface area contributed by atoms with Crippen LogP contribution in [0.3, 0.4) is 0 Å². The van der Waals surface area contributed by atoms with Crippen LogP contribution < -0.4 is 4.72 Å². The van der Waals surface area contributed by atoms with Gasteiger partial charge in [0.2, 0.25) is 0 Å². The molecule has 2 rings (SSSR count). The van der Waals surface area contributed by atoms with E-state index in [-0.39, 0.29) is 24.0 Å². The number of sulfonamides is 1. The highest BCUT2D eigenvalue weighted by Crippen LogP contribution is 2.18. The van der Waals surface area contributed by atoms with Crippen LogP contribution in [-0.4, -0.2) is 44.0 Å². The third-order valence-corrected chi connectivity index (χ3v) is 5.55. The molecular formula is C20H26N2O4S. The van der Waals surface area contributed by atoms with E-state index in [9.17, 15) is 13.2 Å². The van der Waals surface area contributed by atoms with E-state index in [2.05, 4.69) is 4.72 Å². The first kappa shape index (κ1) is 20.9. The van der Waals surface area contributed by atoms with Gasteiger partial charge in [-0.15, -0.1) is 0 Å². The van der Waals surface area contributed by atoms with E-state index >= 15 is 0 Å². The summed E-state index contributed by atoms with van der Waals surface area (Å²) in [5.74, 6) is -0.215. The molecule has 0 atom stereocenters. The van der Waals surface area contributed by atoms with Crippen LogP contribution in [0.15, 0.2) is 53.4 Å². The number of nitrogens with one attached hydrogen (secondary N) is 1. The molecule has 0 spiro atoms. The maximum absolute atomic E-state index is 12.6. The number of hydrogen-bond donors (Lipinski definition) is 2. The number of amides is 1. The molecule has 1 amide bonds. The molecule has 7 heteroatoms. The minimum Gasteiger partial charge on any atom is -0.395 e. The van der Waals surface area contributed by atoms with Crippen molar-refractivity contribution in [1.82, 2.24) is 4.90 Å². The molecule has 0 fully saturated rings. The third kappa shape index (κ3) is 5.80. The molecule has 0 aromatic heterocycles. The van der Waals surface area contributed by atoms with Crippen LogP contribution in [0.25, 0.3) is 0 Å². The Balaban J connectivity index is 2.14. The van der Waals surface area contributed by atoms with Crippen molar-refractivity contribution in [3.05, 3.63) is 59.7 Å². The molecule has 6 nitrogen and oxygen atoms in total. The Bertz CT molecular complexity index is 847. The summed E-state index contributed by atoms with van der Waals surface area (Å²) in [4.78, 5) is 14.2. The molecule has 0 saturated heterocycles. The van der Waals surface area contributed by atoms with Crippen molar-refractivity contribution < 1.29 is 18.3 Å². The topological polar surface area (TPSA) is 86.7 Å². The van der Waals surface area contributed by atoms with Gasteiger partial charge in [0.05, 0.1) is 11.5 Å². The maximum Gasteiger partial charge on any atom is 0.261 e. The van der Waals surface area contributed by atoms with Gasteiger partial charge in [0.25, 0.3) is 15.9 Å². The number of anilines is 1. The summed E-state index contributed by atoms with van der Waals surface area (Å²) >= 11 is 0. The Morgan fingerprint density at radius 3 is 2.22 bits per heavy atom. The van der Waals surface area contributed by atoms with Crippen molar-refractivity contribution in [1.29, 1.82) is 0 Å². The number of benzene rings is 2. The first-order valence-electron chi connectivity index (χ1n) is 8.97. The molecule has 0 aliphatic carbocycles. The number of aryl methyl sites for hydroxylation is 1. The average Bonchev–Trinajstić information content (AvgIpc) is 2.66. The SMILES string of the molecule is CCCCN(CCO)C(=O)c1ccc(S(=O)(=O)Nc2ccc(C)cc2)cc1. The fraction of sp³-hybridized carbons (Fsp3) is 0.350. The minimum absolute atomic E-state index is 0.0851. The van der Waals surface area contributed by atoms with E-state index in [1.54, 1.807) is 17.0 Å². The molecule has 0 heterocycles. The minimum atomic E-state index is -3.73. The number of hydrogen-bond acceptors (Lipinski definition) is 4. The summed E-state index contributed by atoms with van der Waals surface area (Å²) in [6.07, 6.45) is 1.79. The van der Waals surface area contributed by atoms with Crippen LogP contribution in [0.1, 0.15) is 35.7 Å². The van der Waals surface area contributed by atoms with Crippen LogP contribution in [0.5, 0.6) is 0 Å². The predicted molar refractivity (Wildman–Crippen MR) is 106 cm³/mol. The van der Waals surface area contributed by atoms with Gasteiger partial charge in [-0.3, -0.25) is 9.52 Å². The summed E-state index contributed by atoms with van der Waals surface area (Å²) in [7, 11) is -3.73. The van der Waals surface area contributed by atoms with Gasteiger partial charge < -0.3 is 10.0 Å². The number of carbonyl (C=O) groups is 1. The highest BCUT2D eigenvalue weighted by atomic mass is 32.2. The van der Waals surface area contributed by atoms with Gasteiger partial charge in [0.1, 0.15) is 0 Å². The molecule has 0 saturated carbocycles. The average molecular weight is 391 g/mol. The second-order valence-corrected chi connectivity index (χ2v) is 8.05. The monoisotopic (exact) mass is 390 g/mol. The second kappa shape index (κ2) is 9.53. The van der Waals surface area contributed by atoms with Crippen LogP contribution in [0.2, 0.25) is 0 Å². The highest BCUT2D eigenvalue weighted by Gasteiger charge is 2.18. The van der Waals surface area contributed by atoms with E-state index < -0.39 is 10.0 Å². The molecule has 2 aromatic carbocycles. The molecular weight excluding hydrogens is 364 g/mol. The quantitative estimate of drug-likeness (QED) is 0.689. The summed E-state index contributed by atoms with van der Waals surface area (Å²) in [5.41, 5.74) is 1.92. The Morgan fingerprint density at radius 2 is 1.67 bits per heavy atom. The number of nitrogens with zero attached hydrogens (tertiary/aromatic N) is 1. The standard InChI is InChI=1S/C20H26N2O4S/c1-3-4-13-22(14-15-23)20(24)17-7-11-19(12-8-17)27(25,26)21-18-9-5-16(2)6-10-18/h5-12,21,23H,3-4,13-15H2,1-2H3. The van der Waals surface area contributed by atoms with Gasteiger partial charge in [0, 0.05) is 24.3 Å². The van der Waals surface area contributed by atoms with Crippen LogP contribution in [-0.2, 0) is 10.0 Å². The normalized spacial score (nSPS) is 11.2. The molecule has 27 heavy (non-hydrogen) atoms. The fourth-order valence-electron chi connectivity index (χ4n) is 2.58. The van der Waals surface area contributed by atoms with Gasteiger partial charge in [-0.2, -0.15) is 0 Å². The van der Waals surface area contributed by atoms with E-state index in [1.807, 2.05) is 26.0 Å². The number of unbranched alkanes of at least 4 members (excludes halogenated alkanes) is 1. The lowest BCUT2D eigenvalue weighted by Crippen LogP contribution is -2.34. The molecule has 0 bridgehead atoms. The first-order chi connectivity index (χ1) is 12.9. The van der Waals surface area contributed by atoms with E-state index in [1.165, 1.54) is 24.3 Å². The second-order valence-electron chi connectivity index (χ2n) is 6.37. The Kier molecular flexibility index (Phi) is 7.38. The lowest BCUT2D eigenvalue weighted by molar-refractivity contribution is 0.0719. The lowest BCUT2D eigenvalue weighted by Gasteiger charge is -2.21. The molecule has 146 valence electrons. The van der Waals surface area contributed by atoms with Gasteiger partial charge in [-0.1, -0.05) is 31.0 Å². The number of aliphatic hydroxyl groups is 1. The summed E-state index contributed by atoms with van der Waals surface area (Å²) in [6, 6.07) is 12.9. The smallest absolute Gasteiger partial charge is 0.261 e. The Labute approximate surface area is 160 Å². The van der Waals surface area contributed by atoms with Crippen LogP contribution in [0.4, 0.5) is 5.69 Å². The maximum atomic E-state index is 12.6. The van der Waals surface area contributed by atoms with Gasteiger partial charge in [-0.05, 0) is 49.7 Å². The molecule has 0 aliphatic heterocycles. The van der Waals surface area contributed by atoms with E-state index in [4.69, 9.17) is 5.11 Å². The molecule has 2 aromatic rings. The highest BCUT2D eigenvalue weighted by molar-refractivity contribution is 7.92. The van der Waals surface area contributed by atoms with Crippen molar-refractivity contribution >= 4 is 21.6 Å². The van der Waals surface area contributed by atoms with Crippen molar-refractivity contribution in [3.8, 4) is 0 Å². The van der Waals surface area contributed by atoms with Crippen molar-refractivity contribution in [2.24, 2.45) is 0 Å². The zero-order valence-electron chi connectivity index (χ0n) is 15.7. The zero-order valence-corrected chi connectivity index (χ0v) is 16.5. The number of carbonyl (C=O) groups excluding carboxylic acids is 1. The predicted octanol–water partition coefficient (Wildman–Crippen LogP) is 3.03. The summed E-state index contributed by atoms with van der Waals surface area (Å²) < 4.78 is 27.5. The van der Waals surface area contributed by atoms with Gasteiger partial charge in [0.15, 0.2) is 0 Å². The molecule has 0 aliphatic rings. The molecule has 2 N–H and O–H groups in total. The number of rotatable bonds is 9. The number of aliphatic hydroxyl groups excluding tert-OH is 1. The van der Waals surface area contributed by atoms with Crippen LogP contribution in [0, 0.1) is 6.92 Å². The van der Waals surface area contributed by atoms with E-state index in [0.717, 1.165) is 18.4 Å². The van der Waals surface area contributed by atoms with Crippen molar-refractivity contribution in [3.63, 3.8) is 0 Å². The summed E-state index contributed by atoms with van der Waals surface area (Å²) in [6.45, 7) is 4.66. The van der Waals surface area contributed by atoms with Gasteiger partial charge >= 0.3 is 0 Å². The third-order valence-electron chi connectivity index (χ3n) is 4.15. The van der Waals surface area contributed by atoms with Crippen molar-refractivity contribution in [2.75, 3.05) is 24.4 Å². The Morgan fingerprint density at radius 1 is 1.04 bits per heavy atom. The molecule has 0 unspecified atom stereocenters. The van der Waals surface area contributed by atoms with Gasteiger partial charge in [-0.25, -0.2) is 8.42 Å². The van der Waals surface area contributed by atoms with Crippen molar-refractivity contribution in [2.45, 2.75) is 31.6 Å².